The molecule has 4 aromatic heterocycles. The van der Waals surface area contributed by atoms with Crippen LogP contribution >= 0.6 is 11.3 Å². The molecule has 0 N–H and O–H groups in total. The first kappa shape index (κ1) is 28.3. The maximum absolute atomic E-state index is 6.98. The van der Waals surface area contributed by atoms with Crippen molar-refractivity contribution < 1.29 is 13.3 Å². The Morgan fingerprint density at radius 2 is 1.04 bits per heavy atom. The van der Waals surface area contributed by atoms with E-state index in [9.17, 15) is 0 Å². The largest absolute Gasteiger partial charge is 0.456 e. The van der Waals surface area contributed by atoms with Gasteiger partial charge in [0.25, 0.3) is 0 Å². The van der Waals surface area contributed by atoms with Gasteiger partial charge in [0.05, 0.1) is 5.39 Å². The van der Waals surface area contributed by atoms with Crippen molar-refractivity contribution in [2.75, 3.05) is 0 Å². The topological polar surface area (TPSA) is 39.4 Å². The molecule has 0 saturated carbocycles. The summed E-state index contributed by atoms with van der Waals surface area (Å²) in [5, 5.41) is 15.2. The number of hydrogen-bond acceptors (Lipinski definition) is 4. The van der Waals surface area contributed by atoms with Crippen molar-refractivity contribution in [2.24, 2.45) is 0 Å². The van der Waals surface area contributed by atoms with E-state index in [1.54, 1.807) is 11.3 Å². The van der Waals surface area contributed by atoms with E-state index in [0.29, 0.717) is 0 Å². The molecule has 0 unspecified atom stereocenters. The Bertz CT molecular complexity index is 3370. The predicted molar refractivity (Wildman–Crippen MR) is 218 cm³/mol. The van der Waals surface area contributed by atoms with Crippen molar-refractivity contribution in [3.63, 3.8) is 0 Å². The molecule has 12 aromatic rings. The first-order valence-electron chi connectivity index (χ1n) is 17.8. The lowest BCUT2D eigenvalue weighted by Crippen LogP contribution is -1.97. The zero-order chi connectivity index (χ0) is 33.9. The van der Waals surface area contributed by atoms with Crippen molar-refractivity contribution >= 4 is 109 Å². The third-order valence-corrected chi connectivity index (χ3v) is 12.1. The second-order valence-corrected chi connectivity index (χ2v) is 14.7. The first-order chi connectivity index (χ1) is 25.8. The molecular weight excluding hydrogens is 657 g/mol. The van der Waals surface area contributed by atoms with Gasteiger partial charge in [0.1, 0.15) is 33.5 Å². The minimum Gasteiger partial charge on any atom is -0.456 e. The monoisotopic (exact) mass is 684 g/mol. The van der Waals surface area contributed by atoms with Gasteiger partial charge in [-0.15, -0.1) is 11.3 Å². The average Bonchev–Trinajstić information content (AvgIpc) is 3.98. The summed E-state index contributed by atoms with van der Waals surface area (Å²) in [7, 11) is 0. The number of benzene rings is 8. The highest BCUT2D eigenvalue weighted by molar-refractivity contribution is 7.18. The molecule has 4 heterocycles. The number of hydrogen-bond donors (Lipinski definition) is 0. The number of fused-ring (bicyclic) bond motifs is 14. The Morgan fingerprint density at radius 3 is 1.88 bits per heavy atom. The molecule has 12 rings (SSSR count). The Labute approximate surface area is 300 Å². The van der Waals surface area contributed by atoms with Crippen LogP contribution in [0.1, 0.15) is 11.1 Å². The third kappa shape index (κ3) is 3.85. The second kappa shape index (κ2) is 10.6. The molecule has 0 fully saturated rings. The molecule has 0 radical (unpaired) electrons. The van der Waals surface area contributed by atoms with Gasteiger partial charge < -0.3 is 13.3 Å². The average molecular weight is 685 g/mol. The quantitative estimate of drug-likeness (QED) is 0.173. The fraction of sp³-hybridized carbons (Fsp3) is 0.0417. The summed E-state index contributed by atoms with van der Waals surface area (Å²) < 4.78 is 20.9. The lowest BCUT2D eigenvalue weighted by molar-refractivity contribution is 0.663. The van der Waals surface area contributed by atoms with Crippen molar-refractivity contribution in [1.29, 1.82) is 0 Å². The summed E-state index contributed by atoms with van der Waals surface area (Å²) in [6.07, 6.45) is 1.79. The first-order valence-corrected chi connectivity index (χ1v) is 18.7. The van der Waals surface area contributed by atoms with Crippen LogP contribution in [0.5, 0.6) is 0 Å². The second-order valence-electron chi connectivity index (χ2n) is 13.8. The molecule has 3 nitrogen and oxygen atoms in total. The fourth-order valence-corrected chi connectivity index (χ4v) is 9.85. The zero-order valence-electron chi connectivity index (χ0n) is 27.9. The summed E-state index contributed by atoms with van der Waals surface area (Å²) in [5.74, 6) is 0. The Morgan fingerprint density at radius 1 is 0.404 bits per heavy atom. The molecular formula is C48H28O3S. The van der Waals surface area contributed by atoms with E-state index in [4.69, 9.17) is 13.3 Å². The molecule has 244 valence electrons. The highest BCUT2D eigenvalue weighted by Crippen LogP contribution is 2.46. The van der Waals surface area contributed by atoms with Crippen molar-refractivity contribution in [1.82, 2.24) is 0 Å². The van der Waals surface area contributed by atoms with Gasteiger partial charge in [0, 0.05) is 42.8 Å². The third-order valence-electron chi connectivity index (χ3n) is 11.1. The van der Waals surface area contributed by atoms with Crippen LogP contribution in [-0.2, 0) is 12.8 Å². The highest BCUT2D eigenvalue weighted by Gasteiger charge is 2.22. The van der Waals surface area contributed by atoms with Crippen molar-refractivity contribution in [3.05, 3.63) is 156 Å². The van der Waals surface area contributed by atoms with Gasteiger partial charge in [-0.2, -0.15) is 0 Å². The molecule has 0 aliphatic heterocycles. The van der Waals surface area contributed by atoms with Gasteiger partial charge >= 0.3 is 0 Å². The van der Waals surface area contributed by atoms with Crippen molar-refractivity contribution in [3.8, 4) is 11.1 Å². The van der Waals surface area contributed by atoms with E-state index in [2.05, 4.69) is 133 Å². The molecule has 0 saturated heterocycles. The molecule has 0 atom stereocenters. The number of furan rings is 3. The summed E-state index contributed by atoms with van der Waals surface area (Å²) in [6.45, 7) is 0. The smallest absolute Gasteiger partial charge is 0.147 e. The zero-order valence-corrected chi connectivity index (χ0v) is 28.7. The van der Waals surface area contributed by atoms with Gasteiger partial charge in [-0.05, 0) is 98.7 Å². The van der Waals surface area contributed by atoms with Gasteiger partial charge in [0.2, 0.25) is 0 Å². The van der Waals surface area contributed by atoms with Gasteiger partial charge in [0.15, 0.2) is 0 Å². The van der Waals surface area contributed by atoms with E-state index >= 15 is 0 Å². The normalized spacial score (nSPS) is 12.4. The van der Waals surface area contributed by atoms with Crippen LogP contribution in [0.15, 0.2) is 158 Å². The van der Waals surface area contributed by atoms with E-state index in [-0.39, 0.29) is 0 Å². The van der Waals surface area contributed by atoms with Crippen LogP contribution < -0.4 is 0 Å². The summed E-state index contributed by atoms with van der Waals surface area (Å²) >= 11 is 1.79. The Hall–Kier alpha value is -6.36. The summed E-state index contributed by atoms with van der Waals surface area (Å²) in [5.41, 5.74) is 10.4. The highest BCUT2D eigenvalue weighted by atomic mass is 32.1. The minimum absolute atomic E-state index is 0.841. The van der Waals surface area contributed by atoms with Crippen LogP contribution in [0.3, 0.4) is 0 Å². The van der Waals surface area contributed by atoms with E-state index < -0.39 is 0 Å². The van der Waals surface area contributed by atoms with Crippen LogP contribution in [-0.4, -0.2) is 0 Å². The van der Waals surface area contributed by atoms with E-state index in [1.807, 2.05) is 12.1 Å². The van der Waals surface area contributed by atoms with Crippen LogP contribution in [0, 0.1) is 0 Å². The number of thiophene rings is 1. The molecule has 0 spiro atoms. The predicted octanol–water partition coefficient (Wildman–Crippen LogP) is 14.4. The fourth-order valence-electron chi connectivity index (χ4n) is 8.91. The summed E-state index contributed by atoms with van der Waals surface area (Å²) in [4.78, 5) is 0. The minimum atomic E-state index is 0.841. The molecule has 8 aromatic carbocycles. The van der Waals surface area contributed by atoms with Gasteiger partial charge in [-0.25, -0.2) is 0 Å². The lowest BCUT2D eigenvalue weighted by Gasteiger charge is -2.18. The number of rotatable bonds is 4. The molecule has 52 heavy (non-hydrogen) atoms. The molecule has 4 heteroatoms. The molecule has 0 bridgehead atoms. The Balaban J connectivity index is 1.08. The standard InChI is InChI=1S/C48H28O3S/c1-3-12-32-29(10-1)31(21-19-27-9-7-18-39-42(27)45-41(50-39)23-20-28-25-26-52-48(28)45)30-11-2-4-13-33(30)43(32)37-16-8-15-34-35-22-24-40-44(47(35)51-46(34)37)36-14-5-6-17-38(36)49-40/h1-18,20,22-26H,19,21H2. The van der Waals surface area contributed by atoms with Crippen molar-refractivity contribution in [2.45, 2.75) is 12.8 Å². The van der Waals surface area contributed by atoms with E-state index in [0.717, 1.165) is 73.4 Å². The maximum atomic E-state index is 6.98. The van der Waals surface area contributed by atoms with Gasteiger partial charge in [-0.3, -0.25) is 0 Å². The van der Waals surface area contributed by atoms with E-state index in [1.165, 1.54) is 59.1 Å². The van der Waals surface area contributed by atoms with Crippen LogP contribution in [0.4, 0.5) is 0 Å². The summed E-state index contributed by atoms with van der Waals surface area (Å²) in [6, 6.07) is 49.8. The number of aryl methyl sites for hydroxylation is 2. The lowest BCUT2D eigenvalue weighted by atomic mass is 9.86. The van der Waals surface area contributed by atoms with Crippen LogP contribution in [0.25, 0.3) is 109 Å². The SMILES string of the molecule is c1ccc2c(c1)oc1ccc3c4cccc(-c5c6ccccc6c(CCc6cccc7oc8ccc9ccsc9c8c67)c6ccccc56)c4oc3c12. The maximum Gasteiger partial charge on any atom is 0.147 e. The molecule has 0 aliphatic carbocycles. The molecule has 0 amide bonds. The van der Waals surface area contributed by atoms with Gasteiger partial charge in [-0.1, -0.05) is 97.1 Å². The molecule has 0 aliphatic rings. The van der Waals surface area contributed by atoms with Crippen LogP contribution in [0.2, 0.25) is 0 Å². The Kier molecular flexibility index (Phi) is 5.77. The number of para-hydroxylation sites is 2.